The summed E-state index contributed by atoms with van der Waals surface area (Å²) in [4.78, 5) is 13.9. The molecule has 2 heterocycles. The van der Waals surface area contributed by atoms with E-state index in [1.54, 1.807) is 17.0 Å². The number of benzene rings is 1. The van der Waals surface area contributed by atoms with Gasteiger partial charge >= 0.3 is 0 Å². The Bertz CT molecular complexity index is 437. The topological polar surface area (TPSA) is 29.5 Å². The third-order valence-electron chi connectivity index (χ3n) is 3.44. The summed E-state index contributed by atoms with van der Waals surface area (Å²) in [5, 5.41) is 0. The van der Waals surface area contributed by atoms with Gasteiger partial charge in [0.05, 0.1) is 17.8 Å². The number of nitrogens with zero attached hydrogens (tertiary/aromatic N) is 1. The molecule has 0 saturated carbocycles. The molecule has 0 aliphatic carbocycles. The molecule has 0 N–H and O–H groups in total. The molecular weight excluding hydrogens is 221 g/mol. The molecule has 17 heavy (non-hydrogen) atoms. The van der Waals surface area contributed by atoms with Crippen molar-refractivity contribution in [3.05, 3.63) is 35.6 Å². The van der Waals surface area contributed by atoms with Gasteiger partial charge in [-0.3, -0.25) is 4.79 Å². The van der Waals surface area contributed by atoms with Crippen molar-refractivity contribution in [3.63, 3.8) is 0 Å². The van der Waals surface area contributed by atoms with Crippen LogP contribution in [0.4, 0.5) is 4.39 Å². The van der Waals surface area contributed by atoms with Gasteiger partial charge in [0.2, 0.25) is 0 Å². The Kier molecular flexibility index (Phi) is 2.59. The van der Waals surface area contributed by atoms with Crippen molar-refractivity contribution in [1.82, 2.24) is 4.90 Å². The SMILES string of the molecule is O=C(c1ccccc1F)N1CC2CCC(C1)O2. The quantitative estimate of drug-likeness (QED) is 0.743. The summed E-state index contributed by atoms with van der Waals surface area (Å²) in [5.74, 6) is -0.667. The summed E-state index contributed by atoms with van der Waals surface area (Å²) in [6.07, 6.45) is 2.30. The van der Waals surface area contributed by atoms with Crippen LogP contribution in [0.3, 0.4) is 0 Å². The average Bonchev–Trinajstić information content (AvgIpc) is 2.68. The van der Waals surface area contributed by atoms with E-state index in [4.69, 9.17) is 4.74 Å². The van der Waals surface area contributed by atoms with Gasteiger partial charge in [-0.15, -0.1) is 0 Å². The van der Waals surface area contributed by atoms with E-state index in [2.05, 4.69) is 0 Å². The first kappa shape index (κ1) is 10.7. The molecule has 2 aliphatic rings. The molecular formula is C13H14FNO2. The highest BCUT2D eigenvalue weighted by atomic mass is 19.1. The number of halogens is 1. The third kappa shape index (κ3) is 1.93. The minimum absolute atomic E-state index is 0.143. The smallest absolute Gasteiger partial charge is 0.257 e. The van der Waals surface area contributed by atoms with Gasteiger partial charge < -0.3 is 9.64 Å². The predicted molar refractivity (Wildman–Crippen MR) is 60.2 cm³/mol. The lowest BCUT2D eigenvalue weighted by molar-refractivity contribution is -0.0304. The van der Waals surface area contributed by atoms with E-state index in [-0.39, 0.29) is 23.7 Å². The van der Waals surface area contributed by atoms with E-state index in [9.17, 15) is 9.18 Å². The molecule has 4 heteroatoms. The number of hydrogen-bond acceptors (Lipinski definition) is 2. The summed E-state index contributed by atoms with van der Waals surface area (Å²) < 4.78 is 19.2. The van der Waals surface area contributed by atoms with Crippen LogP contribution in [0, 0.1) is 5.82 Å². The molecule has 3 rings (SSSR count). The van der Waals surface area contributed by atoms with Gasteiger partial charge in [0.1, 0.15) is 5.82 Å². The maximum Gasteiger partial charge on any atom is 0.257 e. The largest absolute Gasteiger partial charge is 0.371 e. The Morgan fingerprint density at radius 3 is 2.53 bits per heavy atom. The molecule has 0 spiro atoms. The van der Waals surface area contributed by atoms with Crippen LogP contribution in [-0.4, -0.2) is 36.1 Å². The summed E-state index contributed by atoms with van der Waals surface area (Å²) in [6.45, 7) is 1.17. The van der Waals surface area contributed by atoms with Crippen LogP contribution in [0.2, 0.25) is 0 Å². The van der Waals surface area contributed by atoms with Crippen LogP contribution in [-0.2, 0) is 4.74 Å². The lowest BCUT2D eigenvalue weighted by atomic mass is 10.1. The minimum Gasteiger partial charge on any atom is -0.371 e. The molecule has 2 saturated heterocycles. The molecule has 0 aromatic heterocycles. The van der Waals surface area contributed by atoms with Gasteiger partial charge in [-0.25, -0.2) is 4.39 Å². The molecule has 2 bridgehead atoms. The Hall–Kier alpha value is -1.42. The van der Waals surface area contributed by atoms with Gasteiger partial charge in [-0.2, -0.15) is 0 Å². The molecule has 1 aromatic rings. The van der Waals surface area contributed by atoms with Gasteiger partial charge in [-0.05, 0) is 25.0 Å². The fourth-order valence-corrected chi connectivity index (χ4v) is 2.59. The highest BCUT2D eigenvalue weighted by Gasteiger charge is 2.36. The number of morpholine rings is 1. The van der Waals surface area contributed by atoms with Crippen molar-refractivity contribution < 1.29 is 13.9 Å². The van der Waals surface area contributed by atoms with Crippen LogP contribution >= 0.6 is 0 Å². The van der Waals surface area contributed by atoms with Crippen LogP contribution < -0.4 is 0 Å². The number of carbonyl (C=O) groups is 1. The predicted octanol–water partition coefficient (Wildman–Crippen LogP) is 1.83. The van der Waals surface area contributed by atoms with E-state index in [1.807, 2.05) is 0 Å². The van der Waals surface area contributed by atoms with Gasteiger partial charge in [0.15, 0.2) is 0 Å². The second kappa shape index (κ2) is 4.11. The molecule has 2 fully saturated rings. The van der Waals surface area contributed by atoms with Crippen LogP contribution in [0.1, 0.15) is 23.2 Å². The fourth-order valence-electron chi connectivity index (χ4n) is 2.59. The standard InChI is InChI=1S/C13H14FNO2/c14-12-4-2-1-3-11(12)13(16)15-7-9-5-6-10(8-15)17-9/h1-4,9-10H,5-8H2. The van der Waals surface area contributed by atoms with Gasteiger partial charge in [0, 0.05) is 13.1 Å². The molecule has 0 radical (unpaired) electrons. The Labute approximate surface area is 99.2 Å². The second-order valence-corrected chi connectivity index (χ2v) is 4.65. The summed E-state index contributed by atoms with van der Waals surface area (Å²) in [7, 11) is 0. The normalized spacial score (nSPS) is 27.2. The first-order valence-electron chi connectivity index (χ1n) is 5.93. The number of carbonyl (C=O) groups excluding carboxylic acids is 1. The summed E-state index contributed by atoms with van der Waals surface area (Å²) >= 11 is 0. The molecule has 2 aliphatic heterocycles. The van der Waals surface area contributed by atoms with Gasteiger partial charge in [0.25, 0.3) is 5.91 Å². The molecule has 3 nitrogen and oxygen atoms in total. The molecule has 2 unspecified atom stereocenters. The van der Waals surface area contributed by atoms with Crippen molar-refractivity contribution in [1.29, 1.82) is 0 Å². The van der Waals surface area contributed by atoms with Crippen molar-refractivity contribution in [2.24, 2.45) is 0 Å². The molecule has 1 aromatic carbocycles. The average molecular weight is 235 g/mol. The number of amides is 1. The molecule has 90 valence electrons. The van der Waals surface area contributed by atoms with Gasteiger partial charge in [-0.1, -0.05) is 12.1 Å². The van der Waals surface area contributed by atoms with Crippen molar-refractivity contribution in [3.8, 4) is 0 Å². The second-order valence-electron chi connectivity index (χ2n) is 4.65. The maximum absolute atomic E-state index is 13.5. The zero-order valence-corrected chi connectivity index (χ0v) is 9.43. The molecule has 1 amide bonds. The van der Waals surface area contributed by atoms with Crippen molar-refractivity contribution in [2.75, 3.05) is 13.1 Å². The van der Waals surface area contributed by atoms with Crippen molar-refractivity contribution >= 4 is 5.91 Å². The highest BCUT2D eigenvalue weighted by molar-refractivity contribution is 5.94. The van der Waals surface area contributed by atoms with E-state index in [0.29, 0.717) is 13.1 Å². The molecule has 2 atom stereocenters. The Morgan fingerprint density at radius 1 is 1.24 bits per heavy atom. The zero-order chi connectivity index (χ0) is 11.8. The monoisotopic (exact) mass is 235 g/mol. The minimum atomic E-state index is -0.448. The van der Waals surface area contributed by atoms with Crippen LogP contribution in [0.15, 0.2) is 24.3 Å². The zero-order valence-electron chi connectivity index (χ0n) is 9.43. The first-order valence-corrected chi connectivity index (χ1v) is 5.93. The van der Waals surface area contributed by atoms with Crippen molar-refractivity contribution in [2.45, 2.75) is 25.0 Å². The number of ether oxygens (including phenoxy) is 1. The van der Waals surface area contributed by atoms with E-state index < -0.39 is 5.82 Å². The highest BCUT2D eigenvalue weighted by Crippen LogP contribution is 2.27. The number of rotatable bonds is 1. The number of likely N-dealkylation sites (tertiary alicyclic amines) is 1. The van der Waals surface area contributed by atoms with Crippen LogP contribution in [0.5, 0.6) is 0 Å². The fraction of sp³-hybridized carbons (Fsp3) is 0.462. The summed E-state index contributed by atoms with van der Waals surface area (Å²) in [6, 6.07) is 6.14. The van der Waals surface area contributed by atoms with Crippen LogP contribution in [0.25, 0.3) is 0 Å². The Balaban J connectivity index is 1.81. The lowest BCUT2D eigenvalue weighted by Gasteiger charge is -2.32. The maximum atomic E-state index is 13.5. The number of fused-ring (bicyclic) bond motifs is 2. The number of hydrogen-bond donors (Lipinski definition) is 0. The summed E-state index contributed by atoms with van der Waals surface area (Å²) in [5.41, 5.74) is 0.161. The lowest BCUT2D eigenvalue weighted by Crippen LogP contribution is -2.46. The first-order chi connectivity index (χ1) is 8.24. The van der Waals surface area contributed by atoms with E-state index in [0.717, 1.165) is 12.8 Å². The van der Waals surface area contributed by atoms with E-state index in [1.165, 1.54) is 12.1 Å². The Morgan fingerprint density at radius 2 is 1.88 bits per heavy atom. The third-order valence-corrected chi connectivity index (χ3v) is 3.44. The van der Waals surface area contributed by atoms with E-state index >= 15 is 0 Å².